The molecule has 102 valence electrons. The van der Waals surface area contributed by atoms with Crippen LogP contribution in [0.2, 0.25) is 10.0 Å². The molecule has 1 atom stereocenters. The second-order valence-electron chi connectivity index (χ2n) is 3.96. The normalized spacial score (nSPS) is 13.0. The van der Waals surface area contributed by atoms with Crippen molar-refractivity contribution < 1.29 is 9.47 Å². The lowest BCUT2D eigenvalue weighted by Gasteiger charge is -2.25. The van der Waals surface area contributed by atoms with Gasteiger partial charge in [-0.05, 0) is 30.7 Å². The number of halogens is 2. The lowest BCUT2D eigenvalue weighted by molar-refractivity contribution is -0.122. The van der Waals surface area contributed by atoms with E-state index in [9.17, 15) is 0 Å². The summed E-state index contributed by atoms with van der Waals surface area (Å²) >= 11 is 11.9. The summed E-state index contributed by atoms with van der Waals surface area (Å²) in [6.07, 6.45) is 0.469. The second-order valence-corrected chi connectivity index (χ2v) is 4.77. The minimum Gasteiger partial charge on any atom is -0.354 e. The third kappa shape index (κ3) is 4.41. The summed E-state index contributed by atoms with van der Waals surface area (Å²) in [4.78, 5) is 0. The molecule has 0 fully saturated rings. The molecule has 18 heavy (non-hydrogen) atoms. The Morgan fingerprint density at radius 2 is 1.83 bits per heavy atom. The highest BCUT2D eigenvalue weighted by molar-refractivity contribution is 6.42. The number of hydrogen-bond acceptors (Lipinski definition) is 3. The zero-order chi connectivity index (χ0) is 13.5. The fraction of sp³-hybridized carbons (Fsp3) is 0.538. The molecule has 0 amide bonds. The standard InChI is InChI=1S/C13H19Cl2NO2/c1-4-16-12(13(17-2)18-3)8-9-5-6-10(14)11(15)7-9/h5-7,12-13,16H,4,8H2,1-3H3. The van der Waals surface area contributed by atoms with Crippen molar-refractivity contribution in [2.45, 2.75) is 25.7 Å². The first-order chi connectivity index (χ1) is 8.62. The molecule has 1 unspecified atom stereocenters. The van der Waals surface area contributed by atoms with Crippen molar-refractivity contribution in [3.8, 4) is 0 Å². The van der Waals surface area contributed by atoms with Crippen LogP contribution in [0.5, 0.6) is 0 Å². The third-order valence-electron chi connectivity index (χ3n) is 2.70. The van der Waals surface area contributed by atoms with Gasteiger partial charge in [0.05, 0.1) is 16.1 Å². The molecule has 0 aliphatic carbocycles. The number of benzene rings is 1. The van der Waals surface area contributed by atoms with Crippen LogP contribution in [0.3, 0.4) is 0 Å². The first-order valence-electron chi connectivity index (χ1n) is 5.85. The molecule has 0 aliphatic rings. The quantitative estimate of drug-likeness (QED) is 0.783. The average Bonchev–Trinajstić information content (AvgIpc) is 2.35. The molecule has 0 aliphatic heterocycles. The Labute approximate surface area is 118 Å². The van der Waals surface area contributed by atoms with Gasteiger partial charge in [0.15, 0.2) is 6.29 Å². The monoisotopic (exact) mass is 291 g/mol. The van der Waals surface area contributed by atoms with E-state index in [0.717, 1.165) is 18.5 Å². The molecule has 0 aromatic heterocycles. The first kappa shape index (κ1) is 15.7. The zero-order valence-corrected chi connectivity index (χ0v) is 12.4. The largest absolute Gasteiger partial charge is 0.354 e. The summed E-state index contributed by atoms with van der Waals surface area (Å²) in [5.41, 5.74) is 1.09. The van der Waals surface area contributed by atoms with Crippen LogP contribution < -0.4 is 5.32 Å². The summed E-state index contributed by atoms with van der Waals surface area (Å²) in [5.74, 6) is 0. The maximum Gasteiger partial charge on any atom is 0.172 e. The summed E-state index contributed by atoms with van der Waals surface area (Å²) in [5, 5.41) is 4.47. The topological polar surface area (TPSA) is 30.5 Å². The van der Waals surface area contributed by atoms with E-state index in [1.54, 1.807) is 20.3 Å². The van der Waals surface area contributed by atoms with E-state index in [1.165, 1.54) is 0 Å². The van der Waals surface area contributed by atoms with Crippen molar-refractivity contribution in [2.75, 3.05) is 20.8 Å². The van der Waals surface area contributed by atoms with Crippen molar-refractivity contribution in [1.29, 1.82) is 0 Å². The van der Waals surface area contributed by atoms with Gasteiger partial charge in [-0.15, -0.1) is 0 Å². The van der Waals surface area contributed by atoms with Gasteiger partial charge in [0, 0.05) is 14.2 Å². The zero-order valence-electron chi connectivity index (χ0n) is 10.9. The Bertz CT molecular complexity index is 370. The fourth-order valence-corrected chi connectivity index (χ4v) is 2.19. The Balaban J connectivity index is 2.78. The Kier molecular flexibility index (Phi) is 6.97. The summed E-state index contributed by atoms with van der Waals surface area (Å²) in [6, 6.07) is 5.70. The van der Waals surface area contributed by atoms with Crippen LogP contribution in [-0.2, 0) is 15.9 Å². The molecule has 3 nitrogen and oxygen atoms in total. The van der Waals surface area contributed by atoms with Gasteiger partial charge in [-0.25, -0.2) is 0 Å². The molecule has 0 saturated carbocycles. The Morgan fingerprint density at radius 1 is 1.17 bits per heavy atom. The van der Waals surface area contributed by atoms with Crippen LogP contribution in [0, 0.1) is 0 Å². The molecule has 0 bridgehead atoms. The maximum atomic E-state index is 6.01. The van der Waals surface area contributed by atoms with Crippen LogP contribution in [-0.4, -0.2) is 33.1 Å². The van der Waals surface area contributed by atoms with Gasteiger partial charge in [-0.2, -0.15) is 0 Å². The van der Waals surface area contributed by atoms with E-state index >= 15 is 0 Å². The van der Waals surface area contributed by atoms with Gasteiger partial charge in [0.2, 0.25) is 0 Å². The smallest absolute Gasteiger partial charge is 0.172 e. The van der Waals surface area contributed by atoms with Gasteiger partial charge in [0.1, 0.15) is 0 Å². The average molecular weight is 292 g/mol. The van der Waals surface area contributed by atoms with Gasteiger partial charge >= 0.3 is 0 Å². The molecule has 1 rings (SSSR count). The van der Waals surface area contributed by atoms with Crippen LogP contribution in [0.15, 0.2) is 18.2 Å². The SMILES string of the molecule is CCNC(Cc1ccc(Cl)c(Cl)c1)C(OC)OC. The minimum atomic E-state index is -0.292. The molecular formula is C13H19Cl2NO2. The van der Waals surface area contributed by atoms with E-state index in [1.807, 2.05) is 19.1 Å². The molecule has 5 heteroatoms. The highest BCUT2D eigenvalue weighted by Gasteiger charge is 2.20. The Hall–Kier alpha value is -0.320. The van der Waals surface area contributed by atoms with Crippen LogP contribution in [0.1, 0.15) is 12.5 Å². The number of ether oxygens (including phenoxy) is 2. The number of nitrogens with one attached hydrogen (secondary N) is 1. The highest BCUT2D eigenvalue weighted by Crippen LogP contribution is 2.23. The van der Waals surface area contributed by atoms with E-state index < -0.39 is 0 Å². The van der Waals surface area contributed by atoms with Crippen LogP contribution in [0.25, 0.3) is 0 Å². The number of hydrogen-bond donors (Lipinski definition) is 1. The van der Waals surface area contributed by atoms with E-state index in [0.29, 0.717) is 10.0 Å². The number of rotatable bonds is 7. The predicted octanol–water partition coefficient (Wildman–Crippen LogP) is 3.13. The van der Waals surface area contributed by atoms with E-state index in [4.69, 9.17) is 32.7 Å². The highest BCUT2D eigenvalue weighted by atomic mass is 35.5. The third-order valence-corrected chi connectivity index (χ3v) is 3.44. The lowest BCUT2D eigenvalue weighted by Crippen LogP contribution is -2.43. The molecular weight excluding hydrogens is 273 g/mol. The van der Waals surface area contributed by atoms with Crippen molar-refractivity contribution in [3.05, 3.63) is 33.8 Å². The predicted molar refractivity (Wildman–Crippen MR) is 75.4 cm³/mol. The molecule has 1 aromatic carbocycles. The summed E-state index contributed by atoms with van der Waals surface area (Å²) in [7, 11) is 3.26. The van der Waals surface area contributed by atoms with Crippen LogP contribution in [0.4, 0.5) is 0 Å². The molecule has 0 heterocycles. The minimum absolute atomic E-state index is 0.0715. The van der Waals surface area contributed by atoms with Crippen molar-refractivity contribution in [1.82, 2.24) is 5.32 Å². The molecule has 0 saturated heterocycles. The maximum absolute atomic E-state index is 6.01. The summed E-state index contributed by atoms with van der Waals surface area (Å²) < 4.78 is 10.6. The number of likely N-dealkylation sites (N-methyl/N-ethyl adjacent to an activating group) is 1. The van der Waals surface area contributed by atoms with Crippen molar-refractivity contribution >= 4 is 23.2 Å². The summed E-state index contributed by atoms with van der Waals surface area (Å²) in [6.45, 7) is 2.89. The molecule has 1 N–H and O–H groups in total. The van der Waals surface area contributed by atoms with Crippen LogP contribution >= 0.6 is 23.2 Å². The lowest BCUT2D eigenvalue weighted by atomic mass is 10.1. The molecule has 1 aromatic rings. The number of methoxy groups -OCH3 is 2. The second kappa shape index (κ2) is 7.97. The van der Waals surface area contributed by atoms with Gasteiger partial charge < -0.3 is 14.8 Å². The van der Waals surface area contributed by atoms with Crippen molar-refractivity contribution in [3.63, 3.8) is 0 Å². The van der Waals surface area contributed by atoms with Gasteiger partial charge in [-0.1, -0.05) is 36.2 Å². The van der Waals surface area contributed by atoms with Gasteiger partial charge in [-0.3, -0.25) is 0 Å². The first-order valence-corrected chi connectivity index (χ1v) is 6.60. The van der Waals surface area contributed by atoms with E-state index in [2.05, 4.69) is 5.32 Å². The fourth-order valence-electron chi connectivity index (χ4n) is 1.87. The molecule has 0 radical (unpaired) electrons. The Morgan fingerprint density at radius 3 is 2.33 bits per heavy atom. The van der Waals surface area contributed by atoms with Gasteiger partial charge in [0.25, 0.3) is 0 Å². The molecule has 0 spiro atoms. The van der Waals surface area contributed by atoms with Crippen molar-refractivity contribution in [2.24, 2.45) is 0 Å². The van der Waals surface area contributed by atoms with E-state index in [-0.39, 0.29) is 12.3 Å².